The van der Waals surface area contributed by atoms with E-state index in [1.165, 1.54) is 0 Å². The second-order valence-corrected chi connectivity index (χ2v) is 2.72. The summed E-state index contributed by atoms with van der Waals surface area (Å²) in [6, 6.07) is 0. The Hall–Kier alpha value is -0.240. The van der Waals surface area contributed by atoms with Crippen LogP contribution in [0.2, 0.25) is 0 Å². The largest absolute Gasteiger partial charge is 0.394 e. The van der Waals surface area contributed by atoms with Crippen LogP contribution in [0.15, 0.2) is 0 Å². The summed E-state index contributed by atoms with van der Waals surface area (Å²) in [5.41, 5.74) is 0. The molecule has 0 bridgehead atoms. The first kappa shape index (κ1) is 9.85. The van der Waals surface area contributed by atoms with E-state index in [9.17, 15) is 0 Å². The first-order valence-electron chi connectivity index (χ1n) is 3.56. The fourth-order valence-corrected chi connectivity index (χ4v) is 1.11. The van der Waals surface area contributed by atoms with Crippen LogP contribution >= 0.6 is 0 Å². The highest BCUT2D eigenvalue weighted by Gasteiger charge is 2.44. The second kappa shape index (κ2) is 3.65. The minimum Gasteiger partial charge on any atom is -0.394 e. The minimum atomic E-state index is -1.51. The predicted octanol–water partition coefficient (Wildman–Crippen LogP) is -3.22. The van der Waals surface area contributed by atoms with E-state index < -0.39 is 37.3 Å². The molecule has 1 rings (SSSR count). The maximum absolute atomic E-state index is 9.12. The van der Waals surface area contributed by atoms with E-state index in [0.717, 1.165) is 0 Å². The lowest BCUT2D eigenvalue weighted by Gasteiger charge is -2.18. The van der Waals surface area contributed by atoms with Gasteiger partial charge in [-0.2, -0.15) is 0 Å². The summed E-state index contributed by atoms with van der Waals surface area (Å²) < 4.78 is 4.58. The molecule has 1 fully saturated rings. The van der Waals surface area contributed by atoms with Gasteiger partial charge in [-0.25, -0.2) is 0 Å². The van der Waals surface area contributed by atoms with Gasteiger partial charge in [0.05, 0.1) is 6.61 Å². The Morgan fingerprint density at radius 3 is 2.08 bits per heavy atom. The fraction of sp³-hybridized carbons (Fsp3) is 1.00. The lowest BCUT2D eigenvalue weighted by atomic mass is 10.1. The van der Waals surface area contributed by atoms with Gasteiger partial charge in [-0.3, -0.25) is 0 Å². The molecule has 0 saturated carbocycles. The summed E-state index contributed by atoms with van der Waals surface area (Å²) >= 11 is 0. The molecule has 5 N–H and O–H groups in total. The molecule has 6 heteroatoms. The normalized spacial score (nSPS) is 44.8. The molecule has 72 valence electrons. The van der Waals surface area contributed by atoms with Crippen molar-refractivity contribution in [3.05, 3.63) is 0 Å². The number of rotatable bonds is 2. The van der Waals surface area contributed by atoms with E-state index in [4.69, 9.17) is 25.5 Å². The molecule has 1 aliphatic heterocycles. The van der Waals surface area contributed by atoms with E-state index >= 15 is 0 Å². The zero-order valence-corrected chi connectivity index (χ0v) is 6.24. The third-order valence-corrected chi connectivity index (χ3v) is 1.84. The van der Waals surface area contributed by atoms with Gasteiger partial charge < -0.3 is 30.3 Å². The number of aliphatic hydroxyl groups is 5. The fourth-order valence-electron chi connectivity index (χ4n) is 1.11. The SMILES string of the molecule is OCC(O)C1O[C@H](O)C(O)C1O. The standard InChI is InChI=1S/C6H12O6/c7-1-2(8)5-3(9)4(10)6(11)12-5/h2-11H,1H2/t2?,3?,4?,5?,6-/m0/s1. The minimum absolute atomic E-state index is 0.596. The molecule has 4 unspecified atom stereocenters. The van der Waals surface area contributed by atoms with Crippen molar-refractivity contribution in [3.63, 3.8) is 0 Å². The summed E-state index contributed by atoms with van der Waals surface area (Å²) in [7, 11) is 0. The average Bonchev–Trinajstić information content (AvgIpc) is 2.32. The Balaban J connectivity index is 2.58. The highest BCUT2D eigenvalue weighted by molar-refractivity contribution is 4.89. The van der Waals surface area contributed by atoms with Crippen molar-refractivity contribution in [1.29, 1.82) is 0 Å². The molecular formula is C6H12O6. The van der Waals surface area contributed by atoms with Crippen molar-refractivity contribution in [2.24, 2.45) is 0 Å². The molecule has 0 aromatic heterocycles. The van der Waals surface area contributed by atoms with E-state index in [2.05, 4.69) is 4.74 Å². The first-order valence-corrected chi connectivity index (χ1v) is 3.56. The highest BCUT2D eigenvalue weighted by atomic mass is 16.6. The summed E-state index contributed by atoms with van der Waals surface area (Å²) in [4.78, 5) is 0. The maximum atomic E-state index is 9.12. The molecule has 0 aromatic rings. The van der Waals surface area contributed by atoms with Gasteiger partial charge >= 0.3 is 0 Å². The Kier molecular flexibility index (Phi) is 2.99. The van der Waals surface area contributed by atoms with Gasteiger partial charge in [-0.1, -0.05) is 0 Å². The summed E-state index contributed by atoms with van der Waals surface area (Å²) in [5.74, 6) is 0. The van der Waals surface area contributed by atoms with Crippen LogP contribution in [0.5, 0.6) is 0 Å². The molecule has 0 aromatic carbocycles. The van der Waals surface area contributed by atoms with Crippen LogP contribution in [0.1, 0.15) is 0 Å². The summed E-state index contributed by atoms with van der Waals surface area (Å²) in [6.07, 6.45) is -6.75. The number of hydrogen-bond donors (Lipinski definition) is 5. The van der Waals surface area contributed by atoms with Crippen molar-refractivity contribution in [2.75, 3.05) is 6.61 Å². The molecule has 1 saturated heterocycles. The Morgan fingerprint density at radius 1 is 1.17 bits per heavy atom. The van der Waals surface area contributed by atoms with Crippen LogP contribution in [0, 0.1) is 0 Å². The smallest absolute Gasteiger partial charge is 0.184 e. The molecule has 0 amide bonds. The zero-order valence-electron chi connectivity index (χ0n) is 6.24. The summed E-state index contributed by atoms with van der Waals surface area (Å²) in [6.45, 7) is -0.596. The quantitative estimate of drug-likeness (QED) is 0.306. The third-order valence-electron chi connectivity index (χ3n) is 1.84. The van der Waals surface area contributed by atoms with Gasteiger partial charge in [0.25, 0.3) is 0 Å². The van der Waals surface area contributed by atoms with Gasteiger partial charge in [-0.15, -0.1) is 0 Å². The molecule has 1 aliphatic rings. The predicted molar refractivity (Wildman–Crippen MR) is 36.0 cm³/mol. The monoisotopic (exact) mass is 180 g/mol. The molecule has 0 aliphatic carbocycles. The zero-order chi connectivity index (χ0) is 9.30. The highest BCUT2D eigenvalue weighted by Crippen LogP contribution is 2.21. The van der Waals surface area contributed by atoms with Crippen molar-refractivity contribution < 1.29 is 30.3 Å². The summed E-state index contributed by atoms with van der Waals surface area (Å²) in [5, 5.41) is 44.4. The third kappa shape index (κ3) is 1.58. The maximum Gasteiger partial charge on any atom is 0.184 e. The van der Waals surface area contributed by atoms with Crippen LogP contribution in [-0.4, -0.2) is 62.8 Å². The Bertz CT molecular complexity index is 151. The van der Waals surface area contributed by atoms with Gasteiger partial charge in [0, 0.05) is 0 Å². The molecule has 5 atom stereocenters. The van der Waals surface area contributed by atoms with Crippen molar-refractivity contribution >= 4 is 0 Å². The van der Waals surface area contributed by atoms with Crippen LogP contribution in [-0.2, 0) is 4.74 Å². The second-order valence-electron chi connectivity index (χ2n) is 2.72. The van der Waals surface area contributed by atoms with Crippen LogP contribution < -0.4 is 0 Å². The molecule has 0 spiro atoms. The van der Waals surface area contributed by atoms with Gasteiger partial charge in [0.1, 0.15) is 24.4 Å². The van der Waals surface area contributed by atoms with Crippen LogP contribution in [0.25, 0.3) is 0 Å². The van der Waals surface area contributed by atoms with E-state index in [-0.39, 0.29) is 0 Å². The lowest BCUT2D eigenvalue weighted by Crippen LogP contribution is -2.40. The number of hydrogen-bond acceptors (Lipinski definition) is 6. The molecule has 0 radical (unpaired) electrons. The van der Waals surface area contributed by atoms with Crippen LogP contribution in [0.4, 0.5) is 0 Å². The molecular weight excluding hydrogens is 168 g/mol. The van der Waals surface area contributed by atoms with Crippen molar-refractivity contribution in [1.82, 2.24) is 0 Å². The van der Waals surface area contributed by atoms with Crippen LogP contribution in [0.3, 0.4) is 0 Å². The van der Waals surface area contributed by atoms with Gasteiger partial charge in [-0.05, 0) is 0 Å². The molecule has 6 nitrogen and oxygen atoms in total. The molecule has 12 heavy (non-hydrogen) atoms. The molecule has 1 heterocycles. The topological polar surface area (TPSA) is 110 Å². The van der Waals surface area contributed by atoms with Gasteiger partial charge in [0.15, 0.2) is 6.29 Å². The van der Waals surface area contributed by atoms with E-state index in [0.29, 0.717) is 0 Å². The number of ether oxygens (including phenoxy) is 1. The van der Waals surface area contributed by atoms with Crippen molar-refractivity contribution in [2.45, 2.75) is 30.7 Å². The van der Waals surface area contributed by atoms with E-state index in [1.54, 1.807) is 0 Å². The first-order chi connectivity index (χ1) is 5.57. The van der Waals surface area contributed by atoms with Gasteiger partial charge in [0.2, 0.25) is 0 Å². The Morgan fingerprint density at radius 2 is 1.75 bits per heavy atom. The lowest BCUT2D eigenvalue weighted by molar-refractivity contribution is -0.150. The number of aliphatic hydroxyl groups excluding tert-OH is 5. The average molecular weight is 180 g/mol. The Labute approximate surface area is 68.6 Å². The van der Waals surface area contributed by atoms with Crippen molar-refractivity contribution in [3.8, 4) is 0 Å². The van der Waals surface area contributed by atoms with E-state index in [1.807, 2.05) is 0 Å².